The molecule has 6 heteroatoms. The average molecular weight is 282 g/mol. The molecular weight excluding hydrogens is 275 g/mol. The number of carbonyl (C=O) groups excluding carboxylic acids is 2. The molecule has 5 nitrogen and oxygen atoms in total. The van der Waals surface area contributed by atoms with E-state index in [2.05, 4.69) is 0 Å². The molecule has 0 fully saturated rings. The molecule has 1 atom stereocenters. The molecule has 58 valence electrons. The van der Waals surface area contributed by atoms with Crippen molar-refractivity contribution in [2.24, 2.45) is 5.73 Å². The van der Waals surface area contributed by atoms with Crippen LogP contribution in [0.25, 0.3) is 0 Å². The van der Waals surface area contributed by atoms with Crippen molar-refractivity contribution in [2.45, 2.75) is 18.9 Å². The Morgan fingerprint density at radius 2 is 1.82 bits per heavy atom. The summed E-state index contributed by atoms with van der Waals surface area (Å²) < 4.78 is 0. The zero-order chi connectivity index (χ0) is 8.15. The van der Waals surface area contributed by atoms with Crippen LogP contribution in [0, 0.1) is 0 Å². The number of hydrogen-bond donors (Lipinski definition) is 1. The molecule has 11 heavy (non-hydrogen) atoms. The summed E-state index contributed by atoms with van der Waals surface area (Å²) >= 11 is 0. The SMILES string of the molecule is N[C@@H](CCC(=O)[O-])C(=O)[O-].[Ba+2]. The van der Waals surface area contributed by atoms with E-state index in [-0.39, 0.29) is 61.7 Å². The van der Waals surface area contributed by atoms with Gasteiger partial charge < -0.3 is 25.5 Å². The van der Waals surface area contributed by atoms with Gasteiger partial charge in [0, 0.05) is 12.0 Å². The van der Waals surface area contributed by atoms with Crippen LogP contribution in [-0.2, 0) is 9.59 Å². The first-order chi connectivity index (χ1) is 4.54. The zero-order valence-electron chi connectivity index (χ0n) is 5.91. The summed E-state index contributed by atoms with van der Waals surface area (Å²) in [6.45, 7) is 0. The molecule has 2 N–H and O–H groups in total. The van der Waals surface area contributed by atoms with Gasteiger partial charge in [-0.3, -0.25) is 0 Å². The van der Waals surface area contributed by atoms with Crippen LogP contribution in [0.3, 0.4) is 0 Å². The van der Waals surface area contributed by atoms with Crippen molar-refractivity contribution in [3.63, 3.8) is 0 Å². The Morgan fingerprint density at radius 1 is 1.36 bits per heavy atom. The van der Waals surface area contributed by atoms with E-state index in [4.69, 9.17) is 5.73 Å². The molecule has 0 aliphatic carbocycles. The summed E-state index contributed by atoms with van der Waals surface area (Å²) in [5.41, 5.74) is 4.91. The van der Waals surface area contributed by atoms with Gasteiger partial charge in [-0.25, -0.2) is 0 Å². The van der Waals surface area contributed by atoms with Crippen molar-refractivity contribution >= 4 is 60.8 Å². The molecule has 0 saturated carbocycles. The summed E-state index contributed by atoms with van der Waals surface area (Å²) in [7, 11) is 0. The van der Waals surface area contributed by atoms with Crippen molar-refractivity contribution in [1.29, 1.82) is 0 Å². The first kappa shape index (κ1) is 14.0. The third-order valence-electron chi connectivity index (χ3n) is 0.962. The summed E-state index contributed by atoms with van der Waals surface area (Å²) in [6, 6.07) is -1.21. The van der Waals surface area contributed by atoms with E-state index < -0.39 is 18.0 Å². The van der Waals surface area contributed by atoms with Crippen molar-refractivity contribution in [3.8, 4) is 0 Å². The molecule has 0 amide bonds. The molecule has 0 aromatic heterocycles. The molecule has 0 aromatic carbocycles. The number of carboxylic acid groups (broad SMARTS) is 2. The fourth-order valence-corrected chi connectivity index (χ4v) is 0.391. The van der Waals surface area contributed by atoms with Crippen LogP contribution in [0.5, 0.6) is 0 Å². The molecule has 0 aromatic rings. The maximum absolute atomic E-state index is 9.86. The number of carboxylic acids is 2. The maximum Gasteiger partial charge on any atom is 2.00 e. The largest absolute Gasteiger partial charge is 2.00 e. The van der Waals surface area contributed by atoms with Crippen LogP contribution in [0.4, 0.5) is 0 Å². The maximum atomic E-state index is 9.86. The molecular formula is C5H7BaNO4. The molecule has 0 aliphatic rings. The minimum Gasteiger partial charge on any atom is -0.550 e. The Morgan fingerprint density at radius 3 is 2.09 bits per heavy atom. The summed E-state index contributed by atoms with van der Waals surface area (Å²) in [5.74, 6) is -2.75. The van der Waals surface area contributed by atoms with Crippen LogP contribution in [0.2, 0.25) is 0 Å². The first-order valence-corrected chi connectivity index (χ1v) is 2.70. The summed E-state index contributed by atoms with van der Waals surface area (Å²) in [5, 5.41) is 19.6. The van der Waals surface area contributed by atoms with Gasteiger partial charge in [0.25, 0.3) is 0 Å². The van der Waals surface area contributed by atoms with Gasteiger partial charge in [-0.05, 0) is 12.8 Å². The molecule has 0 spiro atoms. The second kappa shape index (κ2) is 7.14. The topological polar surface area (TPSA) is 106 Å². The number of aliphatic carboxylic acids is 2. The normalized spacial score (nSPS) is 11.4. The van der Waals surface area contributed by atoms with Crippen molar-refractivity contribution in [1.82, 2.24) is 0 Å². The molecule has 0 unspecified atom stereocenters. The van der Waals surface area contributed by atoms with Crippen LogP contribution in [0.1, 0.15) is 12.8 Å². The Balaban J connectivity index is 0. The van der Waals surface area contributed by atoms with E-state index in [1.54, 1.807) is 0 Å². The Hall–Kier alpha value is 0.471. The third-order valence-corrected chi connectivity index (χ3v) is 0.962. The van der Waals surface area contributed by atoms with Gasteiger partial charge >= 0.3 is 48.9 Å². The van der Waals surface area contributed by atoms with E-state index in [0.717, 1.165) is 0 Å². The van der Waals surface area contributed by atoms with E-state index in [0.29, 0.717) is 0 Å². The molecule has 0 bridgehead atoms. The second-order valence-corrected chi connectivity index (χ2v) is 1.84. The van der Waals surface area contributed by atoms with Gasteiger partial charge in [-0.2, -0.15) is 0 Å². The molecule has 0 aliphatic heterocycles. The molecule has 0 heterocycles. The Bertz CT molecular complexity index is 149. The minimum absolute atomic E-state index is 0. The van der Waals surface area contributed by atoms with Crippen LogP contribution < -0.4 is 15.9 Å². The number of nitrogens with two attached hydrogens (primary N) is 1. The van der Waals surface area contributed by atoms with Crippen molar-refractivity contribution in [2.75, 3.05) is 0 Å². The summed E-state index contributed by atoms with van der Waals surface area (Å²) in [6.07, 6.45) is -0.500. The van der Waals surface area contributed by atoms with Gasteiger partial charge in [0.05, 0.1) is 5.97 Å². The average Bonchev–Trinajstić information content (AvgIpc) is 1.82. The second-order valence-electron chi connectivity index (χ2n) is 1.84. The Kier molecular flexibility index (Phi) is 9.10. The minimum atomic E-state index is -1.44. The zero-order valence-corrected chi connectivity index (χ0v) is 10.3. The number of carbonyl (C=O) groups is 2. The van der Waals surface area contributed by atoms with E-state index in [9.17, 15) is 19.8 Å². The van der Waals surface area contributed by atoms with Gasteiger partial charge in [-0.15, -0.1) is 0 Å². The summed E-state index contributed by atoms with van der Waals surface area (Å²) in [4.78, 5) is 19.6. The van der Waals surface area contributed by atoms with Crippen LogP contribution in [0.15, 0.2) is 0 Å². The van der Waals surface area contributed by atoms with Gasteiger partial charge in [0.2, 0.25) is 0 Å². The van der Waals surface area contributed by atoms with Crippen molar-refractivity contribution in [3.05, 3.63) is 0 Å². The number of hydrogen-bond acceptors (Lipinski definition) is 5. The van der Waals surface area contributed by atoms with Gasteiger partial charge in [-0.1, -0.05) is 0 Å². The molecule has 0 rings (SSSR count). The van der Waals surface area contributed by atoms with Gasteiger partial charge in [0.1, 0.15) is 0 Å². The van der Waals surface area contributed by atoms with Crippen LogP contribution >= 0.6 is 0 Å². The first-order valence-electron chi connectivity index (χ1n) is 2.70. The predicted octanol–water partition coefficient (Wildman–Crippen LogP) is -3.79. The van der Waals surface area contributed by atoms with Gasteiger partial charge in [0.15, 0.2) is 0 Å². The predicted molar refractivity (Wildman–Crippen MR) is 33.0 cm³/mol. The number of rotatable bonds is 4. The van der Waals surface area contributed by atoms with E-state index in [1.807, 2.05) is 0 Å². The smallest absolute Gasteiger partial charge is 0.550 e. The Labute approximate surface area is 104 Å². The fraction of sp³-hybridized carbons (Fsp3) is 0.600. The fourth-order valence-electron chi connectivity index (χ4n) is 0.391. The third kappa shape index (κ3) is 8.38. The van der Waals surface area contributed by atoms with Crippen LogP contribution in [-0.4, -0.2) is 66.9 Å². The quantitative estimate of drug-likeness (QED) is 0.533. The molecule has 0 radical (unpaired) electrons. The van der Waals surface area contributed by atoms with Crippen molar-refractivity contribution < 1.29 is 19.8 Å². The standard InChI is InChI=1S/C5H9NO4.Ba/c6-3(5(9)10)1-2-4(7)8;/h3H,1-2,6H2,(H,7,8)(H,9,10);/q;+2/p-2/t3-;/m0./s1. The van der Waals surface area contributed by atoms with E-state index in [1.165, 1.54) is 0 Å². The molecule has 0 saturated heterocycles. The monoisotopic (exact) mass is 283 g/mol. The van der Waals surface area contributed by atoms with E-state index >= 15 is 0 Å².